The Balaban J connectivity index is 1.53. The molecule has 2 aliphatic heterocycles. The summed E-state index contributed by atoms with van der Waals surface area (Å²) in [5.41, 5.74) is 1.02. The summed E-state index contributed by atoms with van der Waals surface area (Å²) < 4.78 is 5.14. The standard InChI is InChI=1S/C15H15N3O3S2/c1-8-9(2)23-14-12(8)13(20)17-15(18-14)22-7-11(19)16-6-10-4-3-5-21-10/h3-5,12H,6-7H2,1-2H3,(H,16,19). The van der Waals surface area contributed by atoms with Crippen LogP contribution in [0.4, 0.5) is 0 Å². The highest BCUT2D eigenvalue weighted by molar-refractivity contribution is 8.18. The first-order chi connectivity index (χ1) is 11.0. The maximum Gasteiger partial charge on any atom is 0.262 e. The van der Waals surface area contributed by atoms with Gasteiger partial charge in [-0.2, -0.15) is 4.99 Å². The molecule has 0 radical (unpaired) electrons. The fourth-order valence-corrected chi connectivity index (χ4v) is 4.04. The molecule has 1 aromatic rings. The fourth-order valence-electron chi connectivity index (χ4n) is 2.19. The number of hydrogen-bond donors (Lipinski definition) is 1. The number of carbonyl (C=O) groups is 2. The highest BCUT2D eigenvalue weighted by atomic mass is 32.2. The number of amides is 2. The van der Waals surface area contributed by atoms with E-state index >= 15 is 0 Å². The predicted molar refractivity (Wildman–Crippen MR) is 92.3 cm³/mol. The summed E-state index contributed by atoms with van der Waals surface area (Å²) in [6.45, 7) is 4.25. The van der Waals surface area contributed by atoms with Crippen molar-refractivity contribution in [3.8, 4) is 0 Å². The lowest BCUT2D eigenvalue weighted by Crippen LogP contribution is -2.27. The van der Waals surface area contributed by atoms with E-state index in [-0.39, 0.29) is 23.5 Å². The number of allylic oxidation sites excluding steroid dienone is 1. The fraction of sp³-hybridized carbons (Fsp3) is 0.333. The van der Waals surface area contributed by atoms with Crippen LogP contribution in [0, 0.1) is 5.92 Å². The monoisotopic (exact) mass is 349 g/mol. The third-order valence-electron chi connectivity index (χ3n) is 3.52. The van der Waals surface area contributed by atoms with E-state index in [1.807, 2.05) is 13.8 Å². The number of carbonyl (C=O) groups excluding carboxylic acids is 2. The van der Waals surface area contributed by atoms with Crippen LogP contribution < -0.4 is 5.32 Å². The van der Waals surface area contributed by atoms with E-state index in [1.165, 1.54) is 11.8 Å². The summed E-state index contributed by atoms with van der Waals surface area (Å²) in [6.07, 6.45) is 1.56. The minimum atomic E-state index is -0.322. The smallest absolute Gasteiger partial charge is 0.262 e. The summed E-state index contributed by atoms with van der Waals surface area (Å²) >= 11 is 2.67. The average Bonchev–Trinajstić information content (AvgIpc) is 3.12. The van der Waals surface area contributed by atoms with Crippen LogP contribution >= 0.6 is 23.5 Å². The second-order valence-electron chi connectivity index (χ2n) is 5.10. The third-order valence-corrected chi connectivity index (χ3v) is 5.54. The molecule has 2 amide bonds. The SMILES string of the molecule is CC1=C(C)C2C(=O)N=C(SCC(=O)NCc3ccco3)N=C2S1. The van der Waals surface area contributed by atoms with Crippen molar-refractivity contribution >= 4 is 45.5 Å². The zero-order valence-electron chi connectivity index (χ0n) is 12.7. The van der Waals surface area contributed by atoms with Crippen LogP contribution in [0.3, 0.4) is 0 Å². The van der Waals surface area contributed by atoms with Gasteiger partial charge in [0.1, 0.15) is 11.7 Å². The van der Waals surface area contributed by atoms with Crippen molar-refractivity contribution in [2.24, 2.45) is 15.9 Å². The first-order valence-corrected chi connectivity index (χ1v) is 8.83. The van der Waals surface area contributed by atoms with Gasteiger partial charge in [-0.3, -0.25) is 9.59 Å². The molecule has 1 atom stereocenters. The van der Waals surface area contributed by atoms with E-state index in [2.05, 4.69) is 15.3 Å². The van der Waals surface area contributed by atoms with Gasteiger partial charge < -0.3 is 9.73 Å². The number of amidine groups is 1. The molecule has 0 saturated carbocycles. The maximum absolute atomic E-state index is 12.1. The average molecular weight is 349 g/mol. The topological polar surface area (TPSA) is 84.0 Å². The van der Waals surface area contributed by atoms with Gasteiger partial charge in [0.2, 0.25) is 5.91 Å². The number of nitrogens with one attached hydrogen (secondary N) is 1. The Morgan fingerprint density at radius 2 is 2.26 bits per heavy atom. The van der Waals surface area contributed by atoms with Crippen molar-refractivity contribution < 1.29 is 14.0 Å². The number of furan rings is 1. The van der Waals surface area contributed by atoms with Crippen molar-refractivity contribution in [1.29, 1.82) is 0 Å². The molecule has 2 aliphatic rings. The summed E-state index contributed by atoms with van der Waals surface area (Å²) in [4.78, 5) is 33.4. The molecule has 3 heterocycles. The largest absolute Gasteiger partial charge is 0.467 e. The molecular weight excluding hydrogens is 334 g/mol. The lowest BCUT2D eigenvalue weighted by molar-refractivity contribution is -0.119. The van der Waals surface area contributed by atoms with Gasteiger partial charge in [0.15, 0.2) is 5.17 Å². The summed E-state index contributed by atoms with van der Waals surface area (Å²) in [6, 6.07) is 3.56. The molecule has 0 aliphatic carbocycles. The van der Waals surface area contributed by atoms with Crippen molar-refractivity contribution in [2.45, 2.75) is 20.4 Å². The van der Waals surface area contributed by atoms with E-state index in [0.717, 1.165) is 27.3 Å². The number of fused-ring (bicyclic) bond motifs is 1. The molecule has 0 saturated heterocycles. The number of aliphatic imine (C=N–C) groups is 2. The van der Waals surface area contributed by atoms with Gasteiger partial charge in [-0.25, -0.2) is 4.99 Å². The summed E-state index contributed by atoms with van der Waals surface area (Å²) in [5, 5.41) is 3.85. The van der Waals surface area contributed by atoms with E-state index in [4.69, 9.17) is 4.42 Å². The zero-order valence-corrected chi connectivity index (χ0v) is 14.3. The lowest BCUT2D eigenvalue weighted by Gasteiger charge is -2.14. The van der Waals surface area contributed by atoms with Crippen molar-refractivity contribution in [3.05, 3.63) is 34.6 Å². The van der Waals surface area contributed by atoms with Crippen LogP contribution in [0.1, 0.15) is 19.6 Å². The number of nitrogens with zero attached hydrogens (tertiary/aromatic N) is 2. The van der Waals surface area contributed by atoms with E-state index in [9.17, 15) is 9.59 Å². The van der Waals surface area contributed by atoms with Gasteiger partial charge in [0.25, 0.3) is 5.91 Å². The Kier molecular flexibility index (Phi) is 4.72. The van der Waals surface area contributed by atoms with Gasteiger partial charge >= 0.3 is 0 Å². The highest BCUT2D eigenvalue weighted by Gasteiger charge is 2.36. The Hall–Kier alpha value is -1.80. The second-order valence-corrected chi connectivity index (χ2v) is 7.28. The number of thioether (sulfide) groups is 2. The number of rotatable bonds is 4. The van der Waals surface area contributed by atoms with E-state index < -0.39 is 0 Å². The molecule has 1 unspecified atom stereocenters. The first-order valence-electron chi connectivity index (χ1n) is 7.03. The molecule has 23 heavy (non-hydrogen) atoms. The van der Waals surface area contributed by atoms with E-state index in [0.29, 0.717) is 17.5 Å². The molecule has 3 rings (SSSR count). The molecule has 6 nitrogen and oxygen atoms in total. The Morgan fingerprint density at radius 1 is 1.43 bits per heavy atom. The minimum Gasteiger partial charge on any atom is -0.467 e. The van der Waals surface area contributed by atoms with Crippen LogP contribution in [-0.4, -0.2) is 27.8 Å². The van der Waals surface area contributed by atoms with Gasteiger partial charge in [0, 0.05) is 0 Å². The quantitative estimate of drug-likeness (QED) is 0.903. The van der Waals surface area contributed by atoms with E-state index in [1.54, 1.807) is 18.4 Å². The van der Waals surface area contributed by atoms with Crippen LogP contribution in [-0.2, 0) is 16.1 Å². The second kappa shape index (κ2) is 6.76. The molecule has 1 N–H and O–H groups in total. The van der Waals surface area contributed by atoms with Crippen LogP contribution in [0.2, 0.25) is 0 Å². The Morgan fingerprint density at radius 3 is 3.00 bits per heavy atom. The van der Waals surface area contributed by atoms with Crippen LogP contribution in [0.5, 0.6) is 0 Å². The first kappa shape index (κ1) is 16.1. The van der Waals surface area contributed by atoms with Crippen molar-refractivity contribution in [2.75, 3.05) is 5.75 Å². The highest BCUT2D eigenvalue weighted by Crippen LogP contribution is 2.40. The van der Waals surface area contributed by atoms with Crippen molar-refractivity contribution in [1.82, 2.24) is 5.32 Å². The van der Waals surface area contributed by atoms with Gasteiger partial charge in [0.05, 0.1) is 23.6 Å². The third kappa shape index (κ3) is 3.59. The molecule has 120 valence electrons. The normalized spacial score (nSPS) is 20.3. The minimum absolute atomic E-state index is 0.157. The number of hydrogen-bond acceptors (Lipinski definition) is 6. The Bertz CT molecular complexity index is 735. The molecule has 0 spiro atoms. The summed E-state index contributed by atoms with van der Waals surface area (Å²) in [5.74, 6) is 0.168. The van der Waals surface area contributed by atoms with Crippen LogP contribution in [0.25, 0.3) is 0 Å². The van der Waals surface area contributed by atoms with Gasteiger partial charge in [-0.1, -0.05) is 23.5 Å². The van der Waals surface area contributed by atoms with Gasteiger partial charge in [-0.15, -0.1) is 0 Å². The summed E-state index contributed by atoms with van der Waals surface area (Å²) in [7, 11) is 0. The molecule has 0 fully saturated rings. The maximum atomic E-state index is 12.1. The lowest BCUT2D eigenvalue weighted by atomic mass is 10.0. The van der Waals surface area contributed by atoms with Crippen LogP contribution in [0.15, 0.2) is 43.3 Å². The molecule has 0 aromatic carbocycles. The Labute approximate surface area is 141 Å². The predicted octanol–water partition coefficient (Wildman–Crippen LogP) is 2.58. The molecule has 0 bridgehead atoms. The van der Waals surface area contributed by atoms with Crippen molar-refractivity contribution in [3.63, 3.8) is 0 Å². The molecular formula is C15H15N3O3S2. The van der Waals surface area contributed by atoms with Gasteiger partial charge in [-0.05, 0) is 36.5 Å². The zero-order chi connectivity index (χ0) is 16.4. The molecule has 8 heteroatoms. The molecule has 1 aromatic heterocycles.